The molecular formula is C19H27NO. The molecule has 0 spiro atoms. The van der Waals surface area contributed by atoms with Crippen LogP contribution in [0.5, 0.6) is 0 Å². The first-order valence-corrected chi connectivity index (χ1v) is 8.01. The van der Waals surface area contributed by atoms with Gasteiger partial charge in [-0.1, -0.05) is 57.0 Å². The van der Waals surface area contributed by atoms with Crippen LogP contribution in [0.3, 0.4) is 0 Å². The first-order valence-electron chi connectivity index (χ1n) is 8.01. The lowest BCUT2D eigenvalue weighted by Gasteiger charge is -2.22. The Bertz CT molecular complexity index is 490. The molecule has 0 saturated heterocycles. The van der Waals surface area contributed by atoms with E-state index < -0.39 is 0 Å². The Morgan fingerprint density at radius 3 is 2.33 bits per heavy atom. The average molecular weight is 285 g/mol. The molecule has 1 N–H and O–H groups in total. The predicted octanol–water partition coefficient (Wildman–Crippen LogP) is 5.17. The quantitative estimate of drug-likeness (QED) is 0.723. The molecular weight excluding hydrogens is 258 g/mol. The molecule has 0 fully saturated rings. The smallest absolute Gasteiger partial charge is 0.125 e. The summed E-state index contributed by atoms with van der Waals surface area (Å²) in [5.74, 6) is 1.77. The molecule has 2 unspecified atom stereocenters. The summed E-state index contributed by atoms with van der Waals surface area (Å²) >= 11 is 0. The number of hydrogen-bond acceptors (Lipinski definition) is 2. The number of rotatable bonds is 8. The standard InChI is InChI=1S/C19H27NO/c1-15(2)9-7-10-16(3)20-19(18-13-8-14-21-18)17-11-5-4-6-12-17/h4-6,8,11-16,19-20H,7,9-10H2,1-3H3. The van der Waals surface area contributed by atoms with E-state index in [1.54, 1.807) is 6.26 Å². The summed E-state index contributed by atoms with van der Waals surface area (Å²) in [6.07, 6.45) is 5.51. The summed E-state index contributed by atoms with van der Waals surface area (Å²) in [4.78, 5) is 0. The van der Waals surface area contributed by atoms with Gasteiger partial charge in [-0.15, -0.1) is 0 Å². The SMILES string of the molecule is CC(C)CCCC(C)NC(c1ccccc1)c1ccco1. The Morgan fingerprint density at radius 2 is 1.71 bits per heavy atom. The van der Waals surface area contributed by atoms with Crippen molar-refractivity contribution in [3.8, 4) is 0 Å². The zero-order chi connectivity index (χ0) is 15.1. The van der Waals surface area contributed by atoms with Crippen molar-refractivity contribution in [1.29, 1.82) is 0 Å². The van der Waals surface area contributed by atoms with E-state index in [1.807, 2.05) is 12.1 Å². The maximum absolute atomic E-state index is 5.63. The van der Waals surface area contributed by atoms with Crippen LogP contribution in [-0.4, -0.2) is 6.04 Å². The van der Waals surface area contributed by atoms with Gasteiger partial charge in [0.2, 0.25) is 0 Å². The van der Waals surface area contributed by atoms with Crippen molar-refractivity contribution in [1.82, 2.24) is 5.32 Å². The van der Waals surface area contributed by atoms with Gasteiger partial charge in [0.1, 0.15) is 5.76 Å². The molecule has 1 aromatic heterocycles. The van der Waals surface area contributed by atoms with Crippen molar-refractivity contribution in [3.63, 3.8) is 0 Å². The second-order valence-corrected chi connectivity index (χ2v) is 6.25. The van der Waals surface area contributed by atoms with Crippen molar-refractivity contribution < 1.29 is 4.42 Å². The van der Waals surface area contributed by atoms with Crippen molar-refractivity contribution in [2.45, 2.75) is 52.1 Å². The number of benzene rings is 1. The molecule has 1 heterocycles. The third kappa shape index (κ3) is 5.05. The molecule has 0 aliphatic rings. The van der Waals surface area contributed by atoms with E-state index >= 15 is 0 Å². The van der Waals surface area contributed by atoms with Crippen molar-refractivity contribution >= 4 is 0 Å². The van der Waals surface area contributed by atoms with Crippen LogP contribution in [0.1, 0.15) is 57.4 Å². The van der Waals surface area contributed by atoms with Gasteiger partial charge in [0, 0.05) is 6.04 Å². The lowest BCUT2D eigenvalue weighted by Crippen LogP contribution is -2.31. The minimum atomic E-state index is 0.134. The zero-order valence-corrected chi connectivity index (χ0v) is 13.4. The molecule has 2 heteroatoms. The molecule has 0 aliphatic heterocycles. The highest BCUT2D eigenvalue weighted by molar-refractivity contribution is 5.26. The van der Waals surface area contributed by atoms with Gasteiger partial charge in [-0.3, -0.25) is 0 Å². The van der Waals surface area contributed by atoms with Crippen LogP contribution >= 0.6 is 0 Å². The van der Waals surface area contributed by atoms with E-state index in [-0.39, 0.29) is 6.04 Å². The fourth-order valence-electron chi connectivity index (χ4n) is 2.64. The van der Waals surface area contributed by atoms with Crippen LogP contribution in [0, 0.1) is 5.92 Å². The van der Waals surface area contributed by atoms with Crippen LogP contribution in [0.2, 0.25) is 0 Å². The number of hydrogen-bond donors (Lipinski definition) is 1. The van der Waals surface area contributed by atoms with E-state index in [0.717, 1.165) is 11.7 Å². The van der Waals surface area contributed by atoms with Crippen molar-refractivity contribution in [2.75, 3.05) is 0 Å². The van der Waals surface area contributed by atoms with Crippen LogP contribution in [0.25, 0.3) is 0 Å². The van der Waals surface area contributed by atoms with Gasteiger partial charge in [0.15, 0.2) is 0 Å². The average Bonchev–Trinajstić information content (AvgIpc) is 2.99. The van der Waals surface area contributed by atoms with Crippen LogP contribution in [0.4, 0.5) is 0 Å². The Labute approximate surface area is 128 Å². The highest BCUT2D eigenvalue weighted by Gasteiger charge is 2.18. The van der Waals surface area contributed by atoms with Crippen molar-refractivity contribution in [3.05, 3.63) is 60.1 Å². The second-order valence-electron chi connectivity index (χ2n) is 6.25. The van der Waals surface area contributed by atoms with Gasteiger partial charge in [0.25, 0.3) is 0 Å². The molecule has 2 nitrogen and oxygen atoms in total. The molecule has 2 rings (SSSR count). The molecule has 0 radical (unpaired) electrons. The summed E-state index contributed by atoms with van der Waals surface area (Å²) < 4.78 is 5.63. The zero-order valence-electron chi connectivity index (χ0n) is 13.4. The lowest BCUT2D eigenvalue weighted by atomic mass is 10.0. The summed E-state index contributed by atoms with van der Waals surface area (Å²) in [7, 11) is 0. The fourth-order valence-corrected chi connectivity index (χ4v) is 2.64. The Morgan fingerprint density at radius 1 is 0.952 bits per heavy atom. The molecule has 114 valence electrons. The molecule has 0 bridgehead atoms. The topological polar surface area (TPSA) is 25.2 Å². The van der Waals surface area contributed by atoms with Crippen LogP contribution in [-0.2, 0) is 0 Å². The maximum Gasteiger partial charge on any atom is 0.125 e. The highest BCUT2D eigenvalue weighted by atomic mass is 16.3. The molecule has 0 amide bonds. The van der Waals surface area contributed by atoms with E-state index in [2.05, 4.69) is 56.4 Å². The Balaban J connectivity index is 2.00. The summed E-state index contributed by atoms with van der Waals surface area (Å²) in [5, 5.41) is 3.72. The number of furan rings is 1. The Kier molecular flexibility index (Phi) is 6.06. The minimum Gasteiger partial charge on any atom is -0.467 e. The third-order valence-corrected chi connectivity index (χ3v) is 3.83. The first kappa shape index (κ1) is 15.8. The Hall–Kier alpha value is -1.54. The van der Waals surface area contributed by atoms with Gasteiger partial charge < -0.3 is 9.73 Å². The molecule has 2 atom stereocenters. The lowest BCUT2D eigenvalue weighted by molar-refractivity contribution is 0.390. The van der Waals surface area contributed by atoms with Crippen LogP contribution in [0.15, 0.2) is 53.1 Å². The molecule has 2 aromatic rings. The largest absolute Gasteiger partial charge is 0.467 e. The minimum absolute atomic E-state index is 0.134. The van der Waals surface area contributed by atoms with E-state index in [9.17, 15) is 0 Å². The molecule has 0 aliphatic carbocycles. The van der Waals surface area contributed by atoms with Gasteiger partial charge in [-0.2, -0.15) is 0 Å². The molecule has 21 heavy (non-hydrogen) atoms. The highest BCUT2D eigenvalue weighted by Crippen LogP contribution is 2.23. The van der Waals surface area contributed by atoms with Crippen LogP contribution < -0.4 is 5.32 Å². The van der Waals surface area contributed by atoms with E-state index in [4.69, 9.17) is 4.42 Å². The molecule has 1 aromatic carbocycles. The fraction of sp³-hybridized carbons (Fsp3) is 0.474. The predicted molar refractivity (Wildman–Crippen MR) is 88.3 cm³/mol. The third-order valence-electron chi connectivity index (χ3n) is 3.83. The maximum atomic E-state index is 5.63. The van der Waals surface area contributed by atoms with Gasteiger partial charge in [0.05, 0.1) is 12.3 Å². The van der Waals surface area contributed by atoms with E-state index in [0.29, 0.717) is 6.04 Å². The number of nitrogens with one attached hydrogen (secondary N) is 1. The van der Waals surface area contributed by atoms with Gasteiger partial charge in [-0.05, 0) is 37.0 Å². The normalized spacial score (nSPS) is 14.3. The van der Waals surface area contributed by atoms with Gasteiger partial charge >= 0.3 is 0 Å². The molecule has 0 saturated carbocycles. The summed E-state index contributed by atoms with van der Waals surface area (Å²) in [5.41, 5.74) is 1.25. The monoisotopic (exact) mass is 285 g/mol. The summed E-state index contributed by atoms with van der Waals surface area (Å²) in [6.45, 7) is 6.83. The van der Waals surface area contributed by atoms with E-state index in [1.165, 1.54) is 24.8 Å². The van der Waals surface area contributed by atoms with Crippen molar-refractivity contribution in [2.24, 2.45) is 5.92 Å². The summed E-state index contributed by atoms with van der Waals surface area (Å²) in [6, 6.07) is 15.1. The first-order chi connectivity index (χ1) is 10.2. The second kappa shape index (κ2) is 8.04. The van der Waals surface area contributed by atoms with Gasteiger partial charge in [-0.25, -0.2) is 0 Å².